The molecule has 2 aliphatic rings. The molecule has 24 rings (SSSR count). The Hall–Kier alpha value is -16.0. The van der Waals surface area contributed by atoms with Gasteiger partial charge in [-0.1, -0.05) is 400 Å². The Morgan fingerprint density at radius 1 is 0.175 bits per heavy atom. The lowest BCUT2D eigenvalue weighted by molar-refractivity contribution is 0.669. The standard InChI is InChI=1S/C61H41NO.C61H41NS/c2*1-4-16-42(17-5-1)43-28-30-44(31-29-43)45-32-35-49(36-33-45)62(58-26-14-11-22-51(58)46-34-39-60-55(40-46)54-24-12-15-27-59(54)63-60)50-37-38-53-52-23-10-13-25-56(52)61(57(53)41-50,47-18-6-2-7-19-47)48-20-8-3-9-21-48/h2*1-41H. The molecule has 2 aromatic heterocycles. The number of anilines is 6. The first-order valence-electron chi connectivity index (χ1n) is 43.3. The van der Waals surface area contributed by atoms with Crippen LogP contribution in [0.4, 0.5) is 34.1 Å². The molecule has 2 aliphatic carbocycles. The van der Waals surface area contributed by atoms with Gasteiger partial charge in [0.2, 0.25) is 0 Å². The molecule has 0 aliphatic heterocycles. The van der Waals surface area contributed by atoms with Gasteiger partial charge >= 0.3 is 0 Å². The van der Waals surface area contributed by atoms with E-state index in [4.69, 9.17) is 4.42 Å². The molecule has 0 amide bonds. The average molecular weight is 1620 g/mol. The fraction of sp³-hybridized carbons (Fsp3) is 0.0164. The van der Waals surface area contributed by atoms with Crippen LogP contribution in [0.25, 0.3) is 131 Å². The van der Waals surface area contributed by atoms with Crippen LogP contribution < -0.4 is 9.80 Å². The number of benzene rings is 20. The molecule has 0 bridgehead atoms. The first-order valence-corrected chi connectivity index (χ1v) is 44.1. The largest absolute Gasteiger partial charge is 0.456 e. The molecule has 3 nitrogen and oxygen atoms in total. The van der Waals surface area contributed by atoms with Crippen LogP contribution in [0.3, 0.4) is 0 Å². The van der Waals surface area contributed by atoms with Crippen molar-refractivity contribution in [2.24, 2.45) is 0 Å². The van der Waals surface area contributed by atoms with Gasteiger partial charge in [-0.2, -0.15) is 0 Å². The van der Waals surface area contributed by atoms with Gasteiger partial charge in [-0.05, 0) is 219 Å². The highest BCUT2D eigenvalue weighted by Crippen LogP contribution is 2.60. The number of furan rings is 1. The number of nitrogens with zero attached hydrogens (tertiary/aromatic N) is 2. The Balaban J connectivity index is 0.000000145. The van der Waals surface area contributed by atoms with Gasteiger partial charge in [0.15, 0.2) is 0 Å². The predicted octanol–water partition coefficient (Wildman–Crippen LogP) is 33.3. The third-order valence-electron chi connectivity index (χ3n) is 26.0. The molecule has 20 aromatic carbocycles. The van der Waals surface area contributed by atoms with Crippen LogP contribution in [-0.4, -0.2) is 0 Å². The fourth-order valence-electron chi connectivity index (χ4n) is 20.2. The van der Waals surface area contributed by atoms with Crippen LogP contribution in [0.5, 0.6) is 0 Å². The third-order valence-corrected chi connectivity index (χ3v) is 27.1. The number of hydrogen-bond acceptors (Lipinski definition) is 4. The minimum Gasteiger partial charge on any atom is -0.456 e. The first-order chi connectivity index (χ1) is 62.5. The zero-order valence-corrected chi connectivity index (χ0v) is 69.9. The van der Waals surface area contributed by atoms with Gasteiger partial charge in [0.05, 0.1) is 22.2 Å². The molecule has 0 saturated heterocycles. The minimum absolute atomic E-state index is 0.517. The average Bonchev–Trinajstić information content (AvgIpc) is 1.53. The number of hydrogen-bond donors (Lipinski definition) is 0. The van der Waals surface area contributed by atoms with Crippen molar-refractivity contribution in [1.29, 1.82) is 0 Å². The van der Waals surface area contributed by atoms with Crippen LogP contribution in [0.15, 0.2) is 502 Å². The highest BCUT2D eigenvalue weighted by molar-refractivity contribution is 7.25. The van der Waals surface area contributed by atoms with Crippen molar-refractivity contribution in [1.82, 2.24) is 0 Å². The molecule has 592 valence electrons. The summed E-state index contributed by atoms with van der Waals surface area (Å²) in [6, 6.07) is 182. The summed E-state index contributed by atoms with van der Waals surface area (Å²) in [4.78, 5) is 4.91. The zero-order chi connectivity index (χ0) is 83.5. The first kappa shape index (κ1) is 75.0. The molecule has 126 heavy (non-hydrogen) atoms. The predicted molar refractivity (Wildman–Crippen MR) is 530 cm³/mol. The number of fused-ring (bicyclic) bond motifs is 12. The van der Waals surface area contributed by atoms with Crippen molar-refractivity contribution in [2.75, 3.05) is 9.80 Å². The summed E-state index contributed by atoms with van der Waals surface area (Å²) in [5.41, 5.74) is 36.7. The summed E-state index contributed by atoms with van der Waals surface area (Å²) in [6.45, 7) is 0. The summed E-state index contributed by atoms with van der Waals surface area (Å²) >= 11 is 1.86. The lowest BCUT2D eigenvalue weighted by Gasteiger charge is -2.35. The molecule has 0 fully saturated rings. The summed E-state index contributed by atoms with van der Waals surface area (Å²) in [6.07, 6.45) is 0. The van der Waals surface area contributed by atoms with Crippen LogP contribution in [0.2, 0.25) is 0 Å². The summed E-state index contributed by atoms with van der Waals surface area (Å²) in [5, 5.41) is 4.82. The topological polar surface area (TPSA) is 19.6 Å². The molecular formula is C122H82N2OS. The van der Waals surface area contributed by atoms with E-state index in [9.17, 15) is 0 Å². The summed E-state index contributed by atoms with van der Waals surface area (Å²) < 4.78 is 8.91. The van der Waals surface area contributed by atoms with Gasteiger partial charge in [0, 0.05) is 64.8 Å². The van der Waals surface area contributed by atoms with Gasteiger partial charge < -0.3 is 14.2 Å². The third kappa shape index (κ3) is 12.9. The Labute approximate surface area is 738 Å². The van der Waals surface area contributed by atoms with E-state index in [2.05, 4.69) is 495 Å². The molecule has 0 atom stereocenters. The Kier molecular flexibility index (Phi) is 18.9. The molecule has 0 N–H and O–H groups in total. The Morgan fingerprint density at radius 3 is 0.905 bits per heavy atom. The van der Waals surface area contributed by atoms with Crippen molar-refractivity contribution in [3.8, 4) is 89.0 Å². The zero-order valence-electron chi connectivity index (χ0n) is 69.1. The second-order valence-corrected chi connectivity index (χ2v) is 33.9. The van der Waals surface area contributed by atoms with E-state index in [1.165, 1.54) is 143 Å². The van der Waals surface area contributed by atoms with E-state index in [0.717, 1.165) is 67.2 Å². The van der Waals surface area contributed by atoms with E-state index >= 15 is 0 Å². The second-order valence-electron chi connectivity index (χ2n) is 32.8. The molecule has 2 heterocycles. The van der Waals surface area contributed by atoms with E-state index in [-0.39, 0.29) is 0 Å². The minimum atomic E-state index is -0.529. The van der Waals surface area contributed by atoms with E-state index in [1.54, 1.807) is 0 Å². The molecule has 0 unspecified atom stereocenters. The maximum atomic E-state index is 6.29. The second kappa shape index (κ2) is 31.8. The van der Waals surface area contributed by atoms with Gasteiger partial charge in [0.1, 0.15) is 11.2 Å². The summed E-state index contributed by atoms with van der Waals surface area (Å²) in [7, 11) is 0. The van der Waals surface area contributed by atoms with Gasteiger partial charge in [-0.3, -0.25) is 0 Å². The number of thiophene rings is 1. The molecule has 4 heteroatoms. The molecular weight excluding hydrogens is 1540 g/mol. The van der Waals surface area contributed by atoms with Crippen molar-refractivity contribution in [2.45, 2.75) is 10.8 Å². The Morgan fingerprint density at radius 2 is 0.468 bits per heavy atom. The van der Waals surface area contributed by atoms with Crippen molar-refractivity contribution >= 4 is 87.6 Å². The maximum Gasteiger partial charge on any atom is 0.135 e. The molecule has 22 aromatic rings. The van der Waals surface area contributed by atoms with Crippen molar-refractivity contribution in [3.63, 3.8) is 0 Å². The van der Waals surface area contributed by atoms with Crippen LogP contribution in [0, 0.1) is 0 Å². The quantitative estimate of drug-likeness (QED) is 0.0961. The molecule has 0 saturated carbocycles. The van der Waals surface area contributed by atoms with Crippen LogP contribution in [-0.2, 0) is 10.8 Å². The van der Waals surface area contributed by atoms with Crippen molar-refractivity contribution in [3.05, 3.63) is 542 Å². The van der Waals surface area contributed by atoms with Crippen LogP contribution >= 0.6 is 11.3 Å². The summed E-state index contributed by atoms with van der Waals surface area (Å²) in [5.74, 6) is 0. The van der Waals surface area contributed by atoms with E-state index in [0.29, 0.717) is 0 Å². The SMILES string of the molecule is c1ccc(-c2ccc(-c3ccc(N(c4ccc5c(c4)C(c4ccccc4)(c4ccccc4)c4ccccc4-5)c4ccccc4-c4ccc5oc6ccccc6c5c4)cc3)cc2)cc1.c1ccc(-c2ccc(-c3ccc(N(c4ccc5c(c4)C(c4ccccc4)(c4ccccc4)c4ccccc4-5)c4ccccc4-c4ccc5sc6ccccc6c5c4)cc3)cc2)cc1. The lowest BCUT2D eigenvalue weighted by atomic mass is 9.67. The van der Waals surface area contributed by atoms with Crippen LogP contribution in [0.1, 0.15) is 44.5 Å². The Bertz CT molecular complexity index is 7240. The van der Waals surface area contributed by atoms with Gasteiger partial charge in [0.25, 0.3) is 0 Å². The lowest BCUT2D eigenvalue weighted by Crippen LogP contribution is -2.28. The highest BCUT2D eigenvalue weighted by Gasteiger charge is 2.48. The number of para-hydroxylation sites is 3. The molecule has 0 radical (unpaired) electrons. The van der Waals surface area contributed by atoms with Gasteiger partial charge in [-0.25, -0.2) is 0 Å². The molecule has 0 spiro atoms. The normalized spacial score (nSPS) is 12.6. The number of rotatable bonds is 16. The van der Waals surface area contributed by atoms with E-state index in [1.807, 2.05) is 23.5 Å². The monoisotopic (exact) mass is 1620 g/mol. The van der Waals surface area contributed by atoms with E-state index < -0.39 is 10.8 Å². The smallest absolute Gasteiger partial charge is 0.135 e. The maximum absolute atomic E-state index is 6.29. The fourth-order valence-corrected chi connectivity index (χ4v) is 21.3. The highest BCUT2D eigenvalue weighted by atomic mass is 32.1. The van der Waals surface area contributed by atoms with Gasteiger partial charge in [-0.15, -0.1) is 11.3 Å². The van der Waals surface area contributed by atoms with Crippen molar-refractivity contribution < 1.29 is 4.42 Å².